The zero-order chi connectivity index (χ0) is 12.6. The van der Waals surface area contributed by atoms with E-state index < -0.39 is 12.0 Å². The molecule has 6 heteroatoms. The van der Waals surface area contributed by atoms with Crippen molar-refractivity contribution < 1.29 is 14.7 Å². The maximum Gasteiger partial charge on any atom is 0.326 e. The van der Waals surface area contributed by atoms with E-state index in [1.54, 1.807) is 6.92 Å². The Morgan fingerprint density at radius 3 is 2.62 bits per heavy atom. The van der Waals surface area contributed by atoms with Crippen LogP contribution in [0, 0.1) is 17.2 Å². The predicted octanol–water partition coefficient (Wildman–Crippen LogP) is 0.859. The number of nitriles is 1. The van der Waals surface area contributed by atoms with Gasteiger partial charge in [0.1, 0.15) is 6.04 Å². The van der Waals surface area contributed by atoms with E-state index in [1.165, 1.54) is 11.8 Å². The fourth-order valence-electron chi connectivity index (χ4n) is 1.09. The molecule has 0 unspecified atom stereocenters. The van der Waals surface area contributed by atoms with Crippen molar-refractivity contribution in [3.05, 3.63) is 0 Å². The Morgan fingerprint density at radius 2 is 2.19 bits per heavy atom. The Bertz CT molecular complexity index is 288. The van der Waals surface area contributed by atoms with Crippen molar-refractivity contribution in [2.24, 2.45) is 5.92 Å². The molecule has 1 amide bonds. The molecule has 0 spiro atoms. The first-order chi connectivity index (χ1) is 7.52. The molecule has 0 saturated carbocycles. The van der Waals surface area contributed by atoms with Gasteiger partial charge in [-0.25, -0.2) is 4.79 Å². The molecule has 0 aliphatic rings. The maximum atomic E-state index is 11.3. The maximum absolute atomic E-state index is 11.3. The average Bonchev–Trinajstić information content (AvgIpc) is 2.25. The lowest BCUT2D eigenvalue weighted by Crippen LogP contribution is -2.45. The standard InChI is InChI=1S/C10H16N2O3S/c1-3-7(2)9(10(14)15)12-8(13)6-16-5-4-11/h7,9H,3,5-6H2,1-2H3,(H,12,13)(H,14,15)/t7-,9-/m0/s1. The molecule has 2 N–H and O–H groups in total. The lowest BCUT2D eigenvalue weighted by molar-refractivity contribution is -0.143. The van der Waals surface area contributed by atoms with Gasteiger partial charge in [0.2, 0.25) is 5.91 Å². The summed E-state index contributed by atoms with van der Waals surface area (Å²) in [4.78, 5) is 22.2. The number of carboxylic acid groups (broad SMARTS) is 1. The number of carboxylic acids is 1. The van der Waals surface area contributed by atoms with Gasteiger partial charge >= 0.3 is 5.97 Å². The molecule has 0 aromatic heterocycles. The third kappa shape index (κ3) is 5.61. The SMILES string of the molecule is CC[C@H](C)[C@H](NC(=O)CSCC#N)C(=O)O. The second-order valence-corrected chi connectivity index (χ2v) is 4.41. The minimum atomic E-state index is -1.02. The van der Waals surface area contributed by atoms with Crippen LogP contribution in [0.1, 0.15) is 20.3 Å². The van der Waals surface area contributed by atoms with Crippen LogP contribution in [0.25, 0.3) is 0 Å². The minimum absolute atomic E-state index is 0.109. The van der Waals surface area contributed by atoms with Crippen LogP contribution in [0.2, 0.25) is 0 Å². The van der Waals surface area contributed by atoms with Crippen LogP contribution in [-0.4, -0.2) is 34.5 Å². The van der Waals surface area contributed by atoms with E-state index in [0.29, 0.717) is 6.42 Å². The molecule has 0 aliphatic heterocycles. The van der Waals surface area contributed by atoms with Gasteiger partial charge in [-0.2, -0.15) is 5.26 Å². The fraction of sp³-hybridized carbons (Fsp3) is 0.700. The van der Waals surface area contributed by atoms with Gasteiger partial charge in [-0.3, -0.25) is 4.79 Å². The molecule has 0 aromatic carbocycles. The highest BCUT2D eigenvalue weighted by Gasteiger charge is 2.24. The van der Waals surface area contributed by atoms with Crippen molar-refractivity contribution in [3.8, 4) is 6.07 Å². The number of thioether (sulfide) groups is 1. The van der Waals surface area contributed by atoms with Crippen LogP contribution >= 0.6 is 11.8 Å². The molecule has 16 heavy (non-hydrogen) atoms. The summed E-state index contributed by atoms with van der Waals surface area (Å²) in [5, 5.41) is 19.7. The molecule has 2 atom stereocenters. The van der Waals surface area contributed by atoms with E-state index in [4.69, 9.17) is 10.4 Å². The smallest absolute Gasteiger partial charge is 0.326 e. The lowest BCUT2D eigenvalue weighted by Gasteiger charge is -2.19. The van der Waals surface area contributed by atoms with E-state index >= 15 is 0 Å². The Kier molecular flexibility index (Phi) is 7.38. The molecule has 5 nitrogen and oxygen atoms in total. The summed E-state index contributed by atoms with van der Waals surface area (Å²) < 4.78 is 0. The normalized spacial score (nSPS) is 13.6. The van der Waals surface area contributed by atoms with Gasteiger partial charge in [-0.15, -0.1) is 11.8 Å². The molecule has 0 aliphatic carbocycles. The molecule has 0 radical (unpaired) electrons. The number of carbonyl (C=O) groups is 2. The summed E-state index contributed by atoms with van der Waals surface area (Å²) in [5.74, 6) is -1.12. The van der Waals surface area contributed by atoms with Crippen molar-refractivity contribution in [2.45, 2.75) is 26.3 Å². The molecule has 0 aromatic rings. The van der Waals surface area contributed by atoms with Gasteiger partial charge in [0.25, 0.3) is 0 Å². The van der Waals surface area contributed by atoms with E-state index in [0.717, 1.165) is 0 Å². The van der Waals surface area contributed by atoms with Crippen LogP contribution in [0.5, 0.6) is 0 Å². The second-order valence-electron chi connectivity index (χ2n) is 3.42. The van der Waals surface area contributed by atoms with E-state index in [-0.39, 0.29) is 23.3 Å². The number of nitrogens with one attached hydrogen (secondary N) is 1. The average molecular weight is 244 g/mol. The first-order valence-corrected chi connectivity index (χ1v) is 6.15. The molecule has 90 valence electrons. The number of aliphatic carboxylic acids is 1. The lowest BCUT2D eigenvalue weighted by atomic mass is 9.99. The van der Waals surface area contributed by atoms with Gasteiger partial charge in [0.05, 0.1) is 17.6 Å². The van der Waals surface area contributed by atoms with Crippen LogP contribution in [-0.2, 0) is 9.59 Å². The second kappa shape index (κ2) is 7.99. The third-order valence-electron chi connectivity index (χ3n) is 2.20. The van der Waals surface area contributed by atoms with Crippen molar-refractivity contribution in [1.82, 2.24) is 5.32 Å². The van der Waals surface area contributed by atoms with Crippen molar-refractivity contribution in [1.29, 1.82) is 5.26 Å². The Morgan fingerprint density at radius 1 is 1.56 bits per heavy atom. The van der Waals surface area contributed by atoms with Crippen LogP contribution in [0.3, 0.4) is 0 Å². The summed E-state index contributed by atoms with van der Waals surface area (Å²) in [5.41, 5.74) is 0. The number of amides is 1. The molecule has 0 fully saturated rings. The van der Waals surface area contributed by atoms with Gasteiger partial charge in [0.15, 0.2) is 0 Å². The Labute approximate surface area is 99.2 Å². The van der Waals surface area contributed by atoms with Crippen molar-refractivity contribution in [3.63, 3.8) is 0 Å². The number of carbonyl (C=O) groups excluding carboxylic acids is 1. The van der Waals surface area contributed by atoms with Crippen LogP contribution in [0.4, 0.5) is 0 Å². The van der Waals surface area contributed by atoms with Crippen LogP contribution in [0.15, 0.2) is 0 Å². The number of rotatable bonds is 7. The first-order valence-electron chi connectivity index (χ1n) is 4.99. The largest absolute Gasteiger partial charge is 0.480 e. The van der Waals surface area contributed by atoms with Crippen LogP contribution < -0.4 is 5.32 Å². The molecule has 0 heterocycles. The summed E-state index contributed by atoms with van der Waals surface area (Å²) >= 11 is 1.17. The van der Waals surface area contributed by atoms with E-state index in [9.17, 15) is 9.59 Å². The molecule has 0 rings (SSSR count). The van der Waals surface area contributed by atoms with Gasteiger partial charge in [0, 0.05) is 0 Å². The van der Waals surface area contributed by atoms with Gasteiger partial charge in [-0.1, -0.05) is 20.3 Å². The molecule has 0 saturated heterocycles. The van der Waals surface area contributed by atoms with Gasteiger partial charge < -0.3 is 10.4 Å². The topological polar surface area (TPSA) is 90.2 Å². The first kappa shape index (κ1) is 14.8. The summed E-state index contributed by atoms with van der Waals surface area (Å²) in [6.07, 6.45) is 0.683. The molecular formula is C10H16N2O3S. The quantitative estimate of drug-likeness (QED) is 0.648. The Balaban J connectivity index is 4.15. The van der Waals surface area contributed by atoms with Crippen molar-refractivity contribution >= 4 is 23.6 Å². The highest BCUT2D eigenvalue weighted by Crippen LogP contribution is 2.08. The molecule has 0 bridgehead atoms. The number of hydrogen-bond acceptors (Lipinski definition) is 4. The third-order valence-corrected chi connectivity index (χ3v) is 2.99. The highest BCUT2D eigenvalue weighted by molar-refractivity contribution is 8.00. The molecular weight excluding hydrogens is 228 g/mol. The summed E-state index contributed by atoms with van der Waals surface area (Å²) in [6, 6.07) is 1.05. The number of hydrogen-bond donors (Lipinski definition) is 2. The van der Waals surface area contributed by atoms with E-state index in [2.05, 4.69) is 5.32 Å². The van der Waals surface area contributed by atoms with E-state index in [1.807, 2.05) is 13.0 Å². The summed E-state index contributed by atoms with van der Waals surface area (Å²) in [7, 11) is 0. The zero-order valence-electron chi connectivity index (χ0n) is 9.40. The monoisotopic (exact) mass is 244 g/mol. The number of nitrogens with zero attached hydrogens (tertiary/aromatic N) is 1. The summed E-state index contributed by atoms with van der Waals surface area (Å²) in [6.45, 7) is 3.65. The zero-order valence-corrected chi connectivity index (χ0v) is 10.2. The Hall–Kier alpha value is -1.22. The minimum Gasteiger partial charge on any atom is -0.480 e. The van der Waals surface area contributed by atoms with Crippen molar-refractivity contribution in [2.75, 3.05) is 11.5 Å². The predicted molar refractivity (Wildman–Crippen MR) is 62.0 cm³/mol. The highest BCUT2D eigenvalue weighted by atomic mass is 32.2. The fourth-order valence-corrected chi connectivity index (χ4v) is 1.55. The van der Waals surface area contributed by atoms with Gasteiger partial charge in [-0.05, 0) is 5.92 Å².